The number of nitrogens with one attached hydrogen (secondary N) is 1. The number of anilines is 3. The average molecular weight is 394 g/mol. The van der Waals surface area contributed by atoms with E-state index in [4.69, 9.17) is 33.7 Å². The minimum atomic E-state index is -0.212. The SMILES string of the molecule is COc1ccc(C(=O)c2sc(Nc3c(Cl)cccc3Cl)nc2N)cc1. The van der Waals surface area contributed by atoms with Crippen LogP contribution in [-0.4, -0.2) is 17.9 Å². The van der Waals surface area contributed by atoms with Crippen LogP contribution < -0.4 is 15.8 Å². The first-order valence-electron chi connectivity index (χ1n) is 7.15. The molecule has 0 saturated carbocycles. The molecular formula is C17H13Cl2N3O2S. The number of ketones is 1. The molecule has 0 spiro atoms. The molecule has 0 saturated heterocycles. The zero-order valence-electron chi connectivity index (χ0n) is 13.0. The molecule has 3 N–H and O–H groups in total. The Balaban J connectivity index is 1.88. The molecule has 5 nitrogen and oxygen atoms in total. The molecule has 0 aliphatic carbocycles. The van der Waals surface area contributed by atoms with E-state index in [-0.39, 0.29) is 11.6 Å². The highest BCUT2D eigenvalue weighted by Crippen LogP contribution is 2.35. The van der Waals surface area contributed by atoms with Gasteiger partial charge < -0.3 is 15.8 Å². The molecule has 1 aromatic heterocycles. The van der Waals surface area contributed by atoms with Gasteiger partial charge in [-0.25, -0.2) is 4.98 Å². The van der Waals surface area contributed by atoms with Crippen LogP contribution in [0.5, 0.6) is 5.75 Å². The number of halogens is 2. The van der Waals surface area contributed by atoms with Gasteiger partial charge in [0.25, 0.3) is 0 Å². The van der Waals surface area contributed by atoms with E-state index < -0.39 is 0 Å². The number of thiazole rings is 1. The Hall–Kier alpha value is -2.28. The van der Waals surface area contributed by atoms with E-state index in [2.05, 4.69) is 10.3 Å². The highest BCUT2D eigenvalue weighted by Gasteiger charge is 2.19. The molecule has 8 heteroatoms. The standard InChI is InChI=1S/C17H13Cl2N3O2S/c1-24-10-7-5-9(6-8-10)14(23)15-16(20)22-17(25-15)21-13-11(18)3-2-4-12(13)19/h2-8H,20H2,1H3,(H,21,22). The van der Waals surface area contributed by atoms with Crippen LogP contribution in [0.2, 0.25) is 10.0 Å². The van der Waals surface area contributed by atoms with Gasteiger partial charge in [-0.2, -0.15) is 0 Å². The Morgan fingerprint density at radius 3 is 2.40 bits per heavy atom. The summed E-state index contributed by atoms with van der Waals surface area (Å²) in [6, 6.07) is 11.9. The summed E-state index contributed by atoms with van der Waals surface area (Å²) < 4.78 is 5.09. The molecule has 0 fully saturated rings. The van der Waals surface area contributed by atoms with Crippen LogP contribution in [0, 0.1) is 0 Å². The maximum atomic E-state index is 12.6. The molecule has 25 heavy (non-hydrogen) atoms. The number of nitrogens with zero attached hydrogens (tertiary/aromatic N) is 1. The van der Waals surface area contributed by atoms with Crippen molar-refractivity contribution < 1.29 is 9.53 Å². The highest BCUT2D eigenvalue weighted by molar-refractivity contribution is 7.18. The highest BCUT2D eigenvalue weighted by atomic mass is 35.5. The van der Waals surface area contributed by atoms with Gasteiger partial charge in [-0.3, -0.25) is 4.79 Å². The lowest BCUT2D eigenvalue weighted by molar-refractivity contribution is 0.104. The normalized spacial score (nSPS) is 10.5. The summed E-state index contributed by atoms with van der Waals surface area (Å²) >= 11 is 13.4. The van der Waals surface area contributed by atoms with Crippen molar-refractivity contribution >= 4 is 57.0 Å². The number of hydrogen-bond donors (Lipinski definition) is 2. The summed E-state index contributed by atoms with van der Waals surface area (Å²) in [6.07, 6.45) is 0. The average Bonchev–Trinajstić information content (AvgIpc) is 2.98. The van der Waals surface area contributed by atoms with Crippen molar-refractivity contribution in [1.82, 2.24) is 4.98 Å². The largest absolute Gasteiger partial charge is 0.497 e. The Kier molecular flexibility index (Phi) is 5.13. The van der Waals surface area contributed by atoms with Crippen LogP contribution in [0.1, 0.15) is 15.2 Å². The molecule has 0 aliphatic rings. The number of methoxy groups -OCH3 is 1. The molecule has 0 aliphatic heterocycles. The maximum Gasteiger partial charge on any atom is 0.206 e. The predicted octanol–water partition coefficient (Wildman–Crippen LogP) is 5.02. The van der Waals surface area contributed by atoms with Crippen LogP contribution in [-0.2, 0) is 0 Å². The zero-order chi connectivity index (χ0) is 18.0. The first-order chi connectivity index (χ1) is 12.0. The first kappa shape index (κ1) is 17.5. The van der Waals surface area contributed by atoms with Gasteiger partial charge in [0.2, 0.25) is 5.78 Å². The minimum Gasteiger partial charge on any atom is -0.497 e. The number of carbonyl (C=O) groups excluding carboxylic acids is 1. The Bertz CT molecular complexity index is 906. The smallest absolute Gasteiger partial charge is 0.206 e. The van der Waals surface area contributed by atoms with Crippen molar-refractivity contribution in [3.05, 3.63) is 63.0 Å². The van der Waals surface area contributed by atoms with E-state index in [0.29, 0.717) is 37.1 Å². The third-order valence-corrected chi connectivity index (χ3v) is 5.02. The van der Waals surface area contributed by atoms with Crippen LogP contribution in [0.15, 0.2) is 42.5 Å². The summed E-state index contributed by atoms with van der Waals surface area (Å²) in [6.45, 7) is 0. The van der Waals surface area contributed by atoms with E-state index >= 15 is 0 Å². The number of benzene rings is 2. The number of rotatable bonds is 5. The van der Waals surface area contributed by atoms with Gasteiger partial charge >= 0.3 is 0 Å². The van der Waals surface area contributed by atoms with Crippen molar-refractivity contribution in [1.29, 1.82) is 0 Å². The zero-order valence-corrected chi connectivity index (χ0v) is 15.4. The maximum absolute atomic E-state index is 12.6. The topological polar surface area (TPSA) is 77.2 Å². The number of nitrogens with two attached hydrogens (primary N) is 1. The van der Waals surface area contributed by atoms with E-state index in [1.807, 2.05) is 0 Å². The van der Waals surface area contributed by atoms with Gasteiger partial charge in [-0.15, -0.1) is 0 Å². The van der Waals surface area contributed by atoms with E-state index in [0.717, 1.165) is 11.3 Å². The van der Waals surface area contributed by atoms with Crippen molar-refractivity contribution in [3.8, 4) is 5.75 Å². The second-order valence-corrected chi connectivity index (χ2v) is 6.83. The van der Waals surface area contributed by atoms with Gasteiger partial charge in [0.15, 0.2) is 5.13 Å². The van der Waals surface area contributed by atoms with Crippen molar-refractivity contribution in [2.45, 2.75) is 0 Å². The number of aromatic nitrogens is 1. The van der Waals surface area contributed by atoms with Gasteiger partial charge in [0, 0.05) is 5.56 Å². The molecule has 128 valence electrons. The summed E-state index contributed by atoms with van der Waals surface area (Å²) in [5.74, 6) is 0.608. The Morgan fingerprint density at radius 1 is 1.16 bits per heavy atom. The lowest BCUT2D eigenvalue weighted by Gasteiger charge is -2.06. The third-order valence-electron chi connectivity index (χ3n) is 3.41. The van der Waals surface area contributed by atoms with Crippen molar-refractivity contribution in [3.63, 3.8) is 0 Å². The number of hydrogen-bond acceptors (Lipinski definition) is 6. The fourth-order valence-electron chi connectivity index (χ4n) is 2.15. The Morgan fingerprint density at radius 2 is 1.80 bits per heavy atom. The van der Waals surface area contributed by atoms with Crippen LogP contribution in [0.4, 0.5) is 16.6 Å². The fourth-order valence-corrected chi connectivity index (χ4v) is 3.49. The molecular weight excluding hydrogens is 381 g/mol. The molecule has 0 amide bonds. The number of ether oxygens (including phenoxy) is 1. The molecule has 0 bridgehead atoms. The molecule has 0 unspecified atom stereocenters. The van der Waals surface area contributed by atoms with E-state index in [1.54, 1.807) is 49.6 Å². The van der Waals surface area contributed by atoms with Gasteiger partial charge in [0.05, 0.1) is 22.8 Å². The molecule has 1 heterocycles. The monoisotopic (exact) mass is 393 g/mol. The molecule has 0 radical (unpaired) electrons. The van der Waals surface area contributed by atoms with Crippen molar-refractivity contribution in [2.75, 3.05) is 18.2 Å². The van der Waals surface area contributed by atoms with Gasteiger partial charge in [0.1, 0.15) is 16.4 Å². The summed E-state index contributed by atoms with van der Waals surface area (Å²) in [4.78, 5) is 17.2. The molecule has 2 aromatic carbocycles. The third kappa shape index (κ3) is 3.71. The van der Waals surface area contributed by atoms with E-state index in [9.17, 15) is 4.79 Å². The van der Waals surface area contributed by atoms with Crippen LogP contribution in [0.3, 0.4) is 0 Å². The second-order valence-electron chi connectivity index (χ2n) is 5.01. The number of carbonyl (C=O) groups is 1. The second kappa shape index (κ2) is 7.31. The molecule has 3 aromatic rings. The number of nitrogen functional groups attached to an aromatic ring is 1. The quantitative estimate of drug-likeness (QED) is 0.595. The molecule has 0 atom stereocenters. The van der Waals surface area contributed by atoms with Crippen LogP contribution >= 0.6 is 34.5 Å². The summed E-state index contributed by atoms with van der Waals surface area (Å²) in [5, 5.41) is 4.35. The number of para-hydroxylation sites is 1. The predicted molar refractivity (Wildman–Crippen MR) is 103 cm³/mol. The van der Waals surface area contributed by atoms with Crippen LogP contribution in [0.25, 0.3) is 0 Å². The lowest BCUT2D eigenvalue weighted by atomic mass is 10.1. The van der Waals surface area contributed by atoms with Gasteiger partial charge in [-0.1, -0.05) is 40.6 Å². The van der Waals surface area contributed by atoms with E-state index in [1.165, 1.54) is 0 Å². The molecule has 3 rings (SSSR count). The van der Waals surface area contributed by atoms with Gasteiger partial charge in [-0.05, 0) is 36.4 Å². The Labute approximate surface area is 158 Å². The fraction of sp³-hybridized carbons (Fsp3) is 0.0588. The summed E-state index contributed by atoms with van der Waals surface area (Å²) in [7, 11) is 1.57. The lowest BCUT2D eigenvalue weighted by Crippen LogP contribution is -2.02. The first-order valence-corrected chi connectivity index (χ1v) is 8.73. The minimum absolute atomic E-state index is 0.150. The summed E-state index contributed by atoms with van der Waals surface area (Å²) in [5.41, 5.74) is 6.93. The van der Waals surface area contributed by atoms with Crippen molar-refractivity contribution in [2.24, 2.45) is 0 Å².